The van der Waals surface area contributed by atoms with Gasteiger partial charge in [0, 0.05) is 22.5 Å². The minimum Gasteiger partial charge on any atom is -0.453 e. The van der Waals surface area contributed by atoms with Crippen molar-refractivity contribution in [2.45, 2.75) is 6.42 Å². The molecule has 140 valence electrons. The standard InChI is InChI=1S/C19H18N2O6/c1-26-18(24)20-14-7-3-12(4-8-14)16(22)11-17(23)13-5-9-15(10-6-13)21-19(25)27-2/h3-10H,11H2,1-2H3,(H,20,24)(H,21,25). The zero-order chi connectivity index (χ0) is 19.8. The summed E-state index contributed by atoms with van der Waals surface area (Å²) in [5.74, 6) is -0.692. The molecule has 0 bridgehead atoms. The molecule has 0 heterocycles. The number of anilines is 2. The summed E-state index contributed by atoms with van der Waals surface area (Å²) >= 11 is 0. The number of ether oxygens (including phenoxy) is 2. The highest BCUT2D eigenvalue weighted by molar-refractivity contribution is 6.13. The summed E-state index contributed by atoms with van der Waals surface area (Å²) in [5, 5.41) is 4.94. The monoisotopic (exact) mass is 370 g/mol. The molecular formula is C19H18N2O6. The van der Waals surface area contributed by atoms with Crippen LogP contribution in [0.5, 0.6) is 0 Å². The van der Waals surface area contributed by atoms with E-state index in [1.54, 1.807) is 24.3 Å². The van der Waals surface area contributed by atoms with Gasteiger partial charge in [0.15, 0.2) is 11.6 Å². The third-order valence-electron chi connectivity index (χ3n) is 3.60. The van der Waals surface area contributed by atoms with Gasteiger partial charge in [-0.05, 0) is 48.5 Å². The fourth-order valence-corrected chi connectivity index (χ4v) is 2.17. The van der Waals surface area contributed by atoms with Crippen molar-refractivity contribution in [2.24, 2.45) is 0 Å². The first-order valence-electron chi connectivity index (χ1n) is 7.89. The maximum atomic E-state index is 12.3. The Morgan fingerprint density at radius 3 is 1.30 bits per heavy atom. The average Bonchev–Trinajstić information content (AvgIpc) is 2.68. The lowest BCUT2D eigenvalue weighted by atomic mass is 10.0. The molecule has 0 atom stereocenters. The fraction of sp³-hybridized carbons (Fsp3) is 0.158. The molecule has 2 aromatic carbocycles. The van der Waals surface area contributed by atoms with Gasteiger partial charge in [0.25, 0.3) is 0 Å². The topological polar surface area (TPSA) is 111 Å². The molecule has 0 aromatic heterocycles. The third-order valence-corrected chi connectivity index (χ3v) is 3.60. The van der Waals surface area contributed by atoms with Crippen LogP contribution in [0.2, 0.25) is 0 Å². The molecule has 0 aliphatic heterocycles. The van der Waals surface area contributed by atoms with Crippen molar-refractivity contribution in [2.75, 3.05) is 24.9 Å². The molecule has 2 amide bonds. The number of hydrogen-bond acceptors (Lipinski definition) is 6. The summed E-state index contributed by atoms with van der Waals surface area (Å²) in [5.41, 5.74) is 1.64. The van der Waals surface area contributed by atoms with Gasteiger partial charge < -0.3 is 9.47 Å². The number of carbonyl (C=O) groups is 4. The van der Waals surface area contributed by atoms with E-state index in [0.29, 0.717) is 22.5 Å². The Morgan fingerprint density at radius 2 is 1.00 bits per heavy atom. The van der Waals surface area contributed by atoms with Gasteiger partial charge in [-0.25, -0.2) is 9.59 Å². The summed E-state index contributed by atoms with van der Waals surface area (Å²) in [7, 11) is 2.49. The van der Waals surface area contributed by atoms with Gasteiger partial charge in [0.1, 0.15) is 0 Å². The molecule has 2 aromatic rings. The van der Waals surface area contributed by atoms with E-state index in [-0.39, 0.29) is 18.0 Å². The van der Waals surface area contributed by atoms with Gasteiger partial charge in [-0.2, -0.15) is 0 Å². The second kappa shape index (κ2) is 9.14. The molecule has 0 unspecified atom stereocenters. The molecule has 2 rings (SSSR count). The molecule has 0 saturated carbocycles. The molecule has 2 N–H and O–H groups in total. The third kappa shape index (κ3) is 5.67. The molecule has 27 heavy (non-hydrogen) atoms. The maximum absolute atomic E-state index is 12.3. The first-order valence-corrected chi connectivity index (χ1v) is 7.89. The van der Waals surface area contributed by atoms with Crippen molar-refractivity contribution in [1.82, 2.24) is 0 Å². The summed E-state index contributed by atoms with van der Waals surface area (Å²) in [6.45, 7) is 0. The summed E-state index contributed by atoms with van der Waals surface area (Å²) in [4.78, 5) is 46.8. The van der Waals surface area contributed by atoms with Crippen LogP contribution in [0.4, 0.5) is 21.0 Å². The van der Waals surface area contributed by atoms with E-state index in [1.165, 1.54) is 38.5 Å². The quantitative estimate of drug-likeness (QED) is 0.595. The van der Waals surface area contributed by atoms with Crippen molar-refractivity contribution >= 4 is 35.1 Å². The first-order chi connectivity index (χ1) is 12.9. The van der Waals surface area contributed by atoms with E-state index >= 15 is 0 Å². The van der Waals surface area contributed by atoms with E-state index in [4.69, 9.17) is 0 Å². The largest absolute Gasteiger partial charge is 0.453 e. The summed E-state index contributed by atoms with van der Waals surface area (Å²) in [6, 6.07) is 12.2. The average molecular weight is 370 g/mol. The van der Waals surface area contributed by atoms with Crippen LogP contribution in [0.15, 0.2) is 48.5 Å². The highest BCUT2D eigenvalue weighted by Gasteiger charge is 2.14. The molecule has 8 nitrogen and oxygen atoms in total. The smallest absolute Gasteiger partial charge is 0.411 e. The van der Waals surface area contributed by atoms with E-state index in [2.05, 4.69) is 20.1 Å². The van der Waals surface area contributed by atoms with Crippen LogP contribution in [-0.4, -0.2) is 38.0 Å². The van der Waals surface area contributed by atoms with Crippen LogP contribution in [0, 0.1) is 0 Å². The van der Waals surface area contributed by atoms with Crippen LogP contribution in [0.3, 0.4) is 0 Å². The highest BCUT2D eigenvalue weighted by Crippen LogP contribution is 2.15. The number of benzene rings is 2. The minimum absolute atomic E-state index is 0.298. The maximum Gasteiger partial charge on any atom is 0.411 e. The number of rotatable bonds is 6. The normalized spacial score (nSPS) is 9.85. The highest BCUT2D eigenvalue weighted by atomic mass is 16.5. The van der Waals surface area contributed by atoms with Gasteiger partial charge in [0.05, 0.1) is 20.6 Å². The number of Topliss-reactive ketones (excluding diaryl/α,β-unsaturated/α-hetero) is 2. The van der Waals surface area contributed by atoms with Gasteiger partial charge in [0.2, 0.25) is 0 Å². The van der Waals surface area contributed by atoms with Crippen LogP contribution in [0.1, 0.15) is 27.1 Å². The summed E-state index contributed by atoms with van der Waals surface area (Å²) < 4.78 is 8.96. The van der Waals surface area contributed by atoms with E-state index in [9.17, 15) is 19.2 Å². The van der Waals surface area contributed by atoms with Crippen molar-refractivity contribution in [3.63, 3.8) is 0 Å². The minimum atomic E-state index is -0.616. The Hall–Kier alpha value is -3.68. The lowest BCUT2D eigenvalue weighted by Crippen LogP contribution is -2.12. The van der Waals surface area contributed by atoms with Gasteiger partial charge >= 0.3 is 12.2 Å². The molecule has 0 fully saturated rings. The molecule has 0 aliphatic rings. The predicted molar refractivity (Wildman–Crippen MR) is 98.2 cm³/mol. The number of hydrogen-bond donors (Lipinski definition) is 2. The van der Waals surface area contributed by atoms with E-state index in [0.717, 1.165) is 0 Å². The van der Waals surface area contributed by atoms with Crippen molar-refractivity contribution < 1.29 is 28.7 Å². The lowest BCUT2D eigenvalue weighted by Gasteiger charge is -2.06. The zero-order valence-corrected chi connectivity index (χ0v) is 14.8. The van der Waals surface area contributed by atoms with Gasteiger partial charge in [-0.3, -0.25) is 20.2 Å². The van der Waals surface area contributed by atoms with Crippen molar-refractivity contribution in [3.05, 3.63) is 59.7 Å². The van der Waals surface area contributed by atoms with Gasteiger partial charge in [-0.1, -0.05) is 0 Å². The molecular weight excluding hydrogens is 352 g/mol. The molecule has 8 heteroatoms. The zero-order valence-electron chi connectivity index (χ0n) is 14.8. The molecule has 0 radical (unpaired) electrons. The first kappa shape index (κ1) is 19.6. The van der Waals surface area contributed by atoms with E-state index in [1.807, 2.05) is 0 Å². The molecule has 0 aliphatic carbocycles. The van der Waals surface area contributed by atoms with Crippen LogP contribution < -0.4 is 10.6 Å². The Morgan fingerprint density at radius 1 is 0.667 bits per heavy atom. The Labute approximate surface area is 155 Å². The Kier molecular flexibility index (Phi) is 6.65. The van der Waals surface area contributed by atoms with E-state index < -0.39 is 12.2 Å². The van der Waals surface area contributed by atoms with Crippen molar-refractivity contribution in [3.8, 4) is 0 Å². The van der Waals surface area contributed by atoms with Gasteiger partial charge in [-0.15, -0.1) is 0 Å². The number of methoxy groups -OCH3 is 2. The van der Waals surface area contributed by atoms with Crippen LogP contribution in [0.25, 0.3) is 0 Å². The number of carbonyl (C=O) groups excluding carboxylic acids is 4. The number of amides is 2. The second-order valence-corrected chi connectivity index (χ2v) is 5.41. The van der Waals surface area contributed by atoms with Crippen LogP contribution >= 0.6 is 0 Å². The second-order valence-electron chi connectivity index (χ2n) is 5.41. The molecule has 0 spiro atoms. The Bertz CT molecular complexity index is 772. The van der Waals surface area contributed by atoms with Crippen LogP contribution in [-0.2, 0) is 9.47 Å². The van der Waals surface area contributed by atoms with Crippen molar-refractivity contribution in [1.29, 1.82) is 0 Å². The number of ketones is 2. The molecule has 0 saturated heterocycles. The fourth-order valence-electron chi connectivity index (χ4n) is 2.17. The predicted octanol–water partition coefficient (Wildman–Crippen LogP) is 3.50. The lowest BCUT2D eigenvalue weighted by molar-refractivity contribution is 0.0894. The summed E-state index contributed by atoms with van der Waals surface area (Å²) in [6.07, 6.45) is -1.53. The Balaban J connectivity index is 1.97. The SMILES string of the molecule is COC(=O)Nc1ccc(C(=O)CC(=O)c2ccc(NC(=O)OC)cc2)cc1. The number of nitrogens with one attached hydrogen (secondary N) is 2.